The zero-order valence-corrected chi connectivity index (χ0v) is 13.0. The highest BCUT2D eigenvalue weighted by Crippen LogP contribution is 2.30. The molecule has 2 aromatic carbocycles. The average molecular weight is 329 g/mol. The molecule has 116 valence electrons. The Balaban J connectivity index is 1.70. The fourth-order valence-electron chi connectivity index (χ4n) is 3.17. The maximum absolute atomic E-state index is 13.9. The number of halogens is 2. The molecule has 1 aliphatic rings. The van der Waals surface area contributed by atoms with Gasteiger partial charge in [0.25, 0.3) is 5.91 Å². The fraction of sp³-hybridized carbons (Fsp3) is 0.167. The fourth-order valence-corrected chi connectivity index (χ4v) is 3.34. The third kappa shape index (κ3) is 2.39. The van der Waals surface area contributed by atoms with Gasteiger partial charge in [-0.3, -0.25) is 4.79 Å². The number of fused-ring (bicyclic) bond motifs is 3. The maximum atomic E-state index is 13.9. The Kier molecular flexibility index (Phi) is 3.34. The SMILES string of the molecule is O=C(c1ccccc1F)N1CCc2[nH]c3cc(Cl)ccc3c2C1. The number of aromatic amines is 1. The number of nitrogens with zero attached hydrogens (tertiary/aromatic N) is 1. The third-order valence-electron chi connectivity index (χ3n) is 4.33. The largest absolute Gasteiger partial charge is 0.358 e. The first-order valence-corrected chi connectivity index (χ1v) is 7.84. The molecule has 0 spiro atoms. The number of aromatic nitrogens is 1. The molecule has 1 aliphatic heterocycles. The second-order valence-corrected chi connectivity index (χ2v) is 6.17. The summed E-state index contributed by atoms with van der Waals surface area (Å²) in [5.41, 5.74) is 3.31. The molecule has 23 heavy (non-hydrogen) atoms. The number of nitrogens with one attached hydrogen (secondary N) is 1. The molecule has 1 amide bonds. The van der Waals surface area contributed by atoms with Crippen molar-refractivity contribution in [3.8, 4) is 0 Å². The number of rotatable bonds is 1. The van der Waals surface area contributed by atoms with E-state index in [0.29, 0.717) is 18.1 Å². The molecule has 3 aromatic rings. The van der Waals surface area contributed by atoms with Crippen LogP contribution in [0.15, 0.2) is 42.5 Å². The van der Waals surface area contributed by atoms with Crippen LogP contribution in [0.5, 0.6) is 0 Å². The molecule has 4 rings (SSSR count). The van der Waals surface area contributed by atoms with Crippen molar-refractivity contribution in [2.45, 2.75) is 13.0 Å². The average Bonchev–Trinajstić information content (AvgIpc) is 2.91. The third-order valence-corrected chi connectivity index (χ3v) is 4.56. The minimum absolute atomic E-state index is 0.124. The highest BCUT2D eigenvalue weighted by molar-refractivity contribution is 6.31. The van der Waals surface area contributed by atoms with Gasteiger partial charge >= 0.3 is 0 Å². The van der Waals surface area contributed by atoms with Crippen LogP contribution in [0.1, 0.15) is 21.6 Å². The molecule has 5 heteroatoms. The minimum atomic E-state index is -0.478. The van der Waals surface area contributed by atoms with Crippen molar-refractivity contribution in [3.05, 3.63) is 70.1 Å². The Morgan fingerprint density at radius 3 is 2.87 bits per heavy atom. The van der Waals surface area contributed by atoms with Crippen molar-refractivity contribution in [2.24, 2.45) is 0 Å². The van der Waals surface area contributed by atoms with Crippen LogP contribution in [0, 0.1) is 5.82 Å². The Labute approximate surface area is 137 Å². The van der Waals surface area contributed by atoms with E-state index in [-0.39, 0.29) is 11.5 Å². The molecule has 3 nitrogen and oxygen atoms in total. The predicted molar refractivity (Wildman–Crippen MR) is 88.2 cm³/mol. The Bertz CT molecular complexity index is 919. The summed E-state index contributed by atoms with van der Waals surface area (Å²) in [6.45, 7) is 1.05. The van der Waals surface area contributed by atoms with Crippen molar-refractivity contribution in [2.75, 3.05) is 6.54 Å². The molecule has 0 radical (unpaired) electrons. The summed E-state index contributed by atoms with van der Waals surface area (Å²) in [5, 5.41) is 1.74. The lowest BCUT2D eigenvalue weighted by atomic mass is 10.0. The molecule has 1 aromatic heterocycles. The van der Waals surface area contributed by atoms with Gasteiger partial charge in [0.1, 0.15) is 5.82 Å². The monoisotopic (exact) mass is 328 g/mol. The van der Waals surface area contributed by atoms with Gasteiger partial charge < -0.3 is 9.88 Å². The molecule has 0 saturated carbocycles. The van der Waals surface area contributed by atoms with Crippen molar-refractivity contribution >= 4 is 28.4 Å². The quantitative estimate of drug-likeness (QED) is 0.715. The van der Waals surface area contributed by atoms with Gasteiger partial charge in [-0.15, -0.1) is 0 Å². The summed E-state index contributed by atoms with van der Waals surface area (Å²) < 4.78 is 13.9. The lowest BCUT2D eigenvalue weighted by molar-refractivity contribution is 0.0730. The zero-order valence-electron chi connectivity index (χ0n) is 12.3. The summed E-state index contributed by atoms with van der Waals surface area (Å²) in [6.07, 6.45) is 0.724. The van der Waals surface area contributed by atoms with Crippen LogP contribution in [-0.4, -0.2) is 22.3 Å². The van der Waals surface area contributed by atoms with Gasteiger partial charge in [-0.1, -0.05) is 29.8 Å². The van der Waals surface area contributed by atoms with Crippen LogP contribution in [0.25, 0.3) is 10.9 Å². The lowest BCUT2D eigenvalue weighted by Crippen LogP contribution is -2.36. The number of benzene rings is 2. The molecular formula is C18H14ClFN2O. The molecule has 1 N–H and O–H groups in total. The first-order valence-electron chi connectivity index (χ1n) is 7.46. The van der Waals surface area contributed by atoms with Crippen LogP contribution in [-0.2, 0) is 13.0 Å². The number of amides is 1. The summed E-state index contributed by atoms with van der Waals surface area (Å²) in [7, 11) is 0. The Morgan fingerprint density at radius 1 is 1.22 bits per heavy atom. The van der Waals surface area contributed by atoms with E-state index in [9.17, 15) is 9.18 Å². The molecular weight excluding hydrogens is 315 g/mol. The number of H-pyrrole nitrogens is 1. The van der Waals surface area contributed by atoms with E-state index in [1.54, 1.807) is 17.0 Å². The molecule has 0 atom stereocenters. The van der Waals surface area contributed by atoms with Crippen molar-refractivity contribution < 1.29 is 9.18 Å². The van der Waals surface area contributed by atoms with E-state index in [1.165, 1.54) is 12.1 Å². The van der Waals surface area contributed by atoms with E-state index in [2.05, 4.69) is 4.98 Å². The summed E-state index contributed by atoms with van der Waals surface area (Å²) in [6, 6.07) is 11.8. The smallest absolute Gasteiger partial charge is 0.257 e. The Hall–Kier alpha value is -2.33. The predicted octanol–water partition coefficient (Wildman–Crippen LogP) is 4.16. The standard InChI is InChI=1S/C18H14ClFN2O/c19-11-5-6-12-14-10-22(8-7-16(14)21-17(12)9-11)18(23)13-3-1-2-4-15(13)20/h1-6,9,21H,7-8,10H2. The molecule has 0 saturated heterocycles. The van der Waals surface area contributed by atoms with E-state index in [1.807, 2.05) is 18.2 Å². The van der Waals surface area contributed by atoms with E-state index in [0.717, 1.165) is 28.6 Å². The number of carbonyl (C=O) groups is 1. The van der Waals surface area contributed by atoms with Crippen LogP contribution >= 0.6 is 11.6 Å². The van der Waals surface area contributed by atoms with Crippen LogP contribution in [0.4, 0.5) is 4.39 Å². The van der Waals surface area contributed by atoms with Crippen LogP contribution < -0.4 is 0 Å². The first kappa shape index (κ1) is 14.3. The second-order valence-electron chi connectivity index (χ2n) is 5.73. The van der Waals surface area contributed by atoms with E-state index >= 15 is 0 Å². The van der Waals surface area contributed by atoms with Crippen LogP contribution in [0.2, 0.25) is 5.02 Å². The van der Waals surface area contributed by atoms with Crippen LogP contribution in [0.3, 0.4) is 0 Å². The Morgan fingerprint density at radius 2 is 2.04 bits per heavy atom. The summed E-state index contributed by atoms with van der Waals surface area (Å²) in [4.78, 5) is 17.7. The molecule has 0 bridgehead atoms. The van der Waals surface area contributed by atoms with E-state index in [4.69, 9.17) is 11.6 Å². The summed E-state index contributed by atoms with van der Waals surface area (Å²) >= 11 is 6.03. The number of hydrogen-bond donors (Lipinski definition) is 1. The molecule has 0 aliphatic carbocycles. The number of hydrogen-bond acceptors (Lipinski definition) is 1. The van der Waals surface area contributed by atoms with Gasteiger partial charge in [-0.05, 0) is 24.3 Å². The van der Waals surface area contributed by atoms with Crippen molar-refractivity contribution in [1.29, 1.82) is 0 Å². The highest BCUT2D eigenvalue weighted by atomic mass is 35.5. The van der Waals surface area contributed by atoms with Crippen molar-refractivity contribution in [3.63, 3.8) is 0 Å². The normalized spacial score (nSPS) is 14.1. The van der Waals surface area contributed by atoms with Gasteiger partial charge in [-0.25, -0.2) is 4.39 Å². The van der Waals surface area contributed by atoms with Gasteiger partial charge in [0.15, 0.2) is 0 Å². The van der Waals surface area contributed by atoms with Gasteiger partial charge in [-0.2, -0.15) is 0 Å². The molecule has 0 fully saturated rings. The number of carbonyl (C=O) groups excluding carboxylic acids is 1. The lowest BCUT2D eigenvalue weighted by Gasteiger charge is -2.27. The van der Waals surface area contributed by atoms with Gasteiger partial charge in [0.05, 0.1) is 5.56 Å². The minimum Gasteiger partial charge on any atom is -0.358 e. The van der Waals surface area contributed by atoms with Crippen molar-refractivity contribution in [1.82, 2.24) is 9.88 Å². The maximum Gasteiger partial charge on any atom is 0.257 e. The molecule has 2 heterocycles. The van der Waals surface area contributed by atoms with Gasteiger partial charge in [0.2, 0.25) is 0 Å². The van der Waals surface area contributed by atoms with E-state index < -0.39 is 5.82 Å². The first-order chi connectivity index (χ1) is 11.1. The van der Waals surface area contributed by atoms with Gasteiger partial charge in [0, 0.05) is 46.7 Å². The second kappa shape index (κ2) is 5.39. The highest BCUT2D eigenvalue weighted by Gasteiger charge is 2.26. The summed E-state index contributed by atoms with van der Waals surface area (Å²) in [5.74, 6) is -0.744. The zero-order chi connectivity index (χ0) is 16.0. The topological polar surface area (TPSA) is 36.1 Å². The molecule has 0 unspecified atom stereocenters.